The second kappa shape index (κ2) is 9.33. The fourth-order valence-corrected chi connectivity index (χ4v) is 2.90. The lowest BCUT2D eigenvalue weighted by Crippen LogP contribution is -2.25. The molecule has 8 heteroatoms. The Morgan fingerprint density at radius 3 is 2.52 bits per heavy atom. The van der Waals surface area contributed by atoms with Crippen molar-refractivity contribution in [3.8, 4) is 11.8 Å². The van der Waals surface area contributed by atoms with Gasteiger partial charge in [0.25, 0.3) is 0 Å². The fraction of sp³-hybridized carbons (Fsp3) is 0.263. The first-order valence-corrected chi connectivity index (χ1v) is 9.08. The minimum atomic E-state index is -4.53. The number of ether oxygens (including phenoxy) is 1. The molecule has 0 heterocycles. The lowest BCUT2D eigenvalue weighted by Gasteiger charge is -2.16. The predicted octanol–water partition coefficient (Wildman–Crippen LogP) is 4.72. The van der Waals surface area contributed by atoms with Crippen LogP contribution in [0.3, 0.4) is 0 Å². The second-order valence-corrected chi connectivity index (χ2v) is 6.98. The minimum Gasteiger partial charge on any atom is -0.493 e. The van der Waals surface area contributed by atoms with E-state index < -0.39 is 22.9 Å². The van der Waals surface area contributed by atoms with Crippen LogP contribution in [0.25, 0.3) is 0 Å². The molecular weight excluding hydrogens is 377 g/mol. The van der Waals surface area contributed by atoms with E-state index in [-0.39, 0.29) is 5.69 Å². The van der Waals surface area contributed by atoms with Crippen molar-refractivity contribution in [2.24, 2.45) is 0 Å². The number of hydrogen-bond donors (Lipinski definition) is 1. The molecule has 2 rings (SSSR count). The van der Waals surface area contributed by atoms with Crippen LogP contribution in [0.2, 0.25) is 0 Å². The highest BCUT2D eigenvalue weighted by Crippen LogP contribution is 2.34. The summed E-state index contributed by atoms with van der Waals surface area (Å²) >= 11 is 1.27. The van der Waals surface area contributed by atoms with Gasteiger partial charge in [-0.3, -0.25) is 4.79 Å². The lowest BCUT2D eigenvalue weighted by atomic mass is 10.1. The van der Waals surface area contributed by atoms with Crippen LogP contribution in [0, 0.1) is 11.3 Å². The van der Waals surface area contributed by atoms with Crippen molar-refractivity contribution in [2.45, 2.75) is 18.3 Å². The van der Waals surface area contributed by atoms with Crippen LogP contribution < -0.4 is 10.1 Å². The van der Waals surface area contributed by atoms with Crippen LogP contribution in [0.1, 0.15) is 18.1 Å². The standard InChI is InChI=1S/C19H17F3N2O2S/c1-13(27-11-10-26-15-8-6-14(12-23)7-9-15)18(25)24-17-5-3-2-4-16(17)19(20,21)22/h2-9,13H,10-11H2,1H3,(H,24,25)/t13-/m0/s1. The molecule has 2 aromatic rings. The summed E-state index contributed by atoms with van der Waals surface area (Å²) < 4.78 is 44.4. The Labute approximate surface area is 159 Å². The number of anilines is 1. The van der Waals surface area contributed by atoms with Crippen molar-refractivity contribution in [1.82, 2.24) is 0 Å². The smallest absolute Gasteiger partial charge is 0.418 e. The fourth-order valence-electron chi connectivity index (χ4n) is 2.16. The number of alkyl halides is 3. The predicted molar refractivity (Wildman–Crippen MR) is 98.6 cm³/mol. The third-order valence-corrected chi connectivity index (χ3v) is 4.68. The van der Waals surface area contributed by atoms with Crippen molar-refractivity contribution in [3.63, 3.8) is 0 Å². The van der Waals surface area contributed by atoms with Gasteiger partial charge in [-0.25, -0.2) is 0 Å². The molecule has 4 nitrogen and oxygen atoms in total. The van der Waals surface area contributed by atoms with E-state index in [1.807, 2.05) is 6.07 Å². The van der Waals surface area contributed by atoms with Crippen molar-refractivity contribution < 1.29 is 22.7 Å². The van der Waals surface area contributed by atoms with E-state index in [2.05, 4.69) is 5.32 Å². The molecule has 0 spiro atoms. The van der Waals surface area contributed by atoms with Gasteiger partial charge < -0.3 is 10.1 Å². The van der Waals surface area contributed by atoms with Crippen LogP contribution in [0.5, 0.6) is 5.75 Å². The minimum absolute atomic E-state index is 0.253. The Balaban J connectivity index is 1.81. The summed E-state index contributed by atoms with van der Waals surface area (Å²) in [6, 6.07) is 13.5. The maximum Gasteiger partial charge on any atom is 0.418 e. The van der Waals surface area contributed by atoms with Crippen LogP contribution >= 0.6 is 11.8 Å². The zero-order valence-electron chi connectivity index (χ0n) is 14.4. The zero-order chi connectivity index (χ0) is 19.9. The number of thioether (sulfide) groups is 1. The number of halogens is 3. The molecule has 0 radical (unpaired) electrons. The van der Waals surface area contributed by atoms with E-state index >= 15 is 0 Å². The SMILES string of the molecule is C[C@H](SCCOc1ccc(C#N)cc1)C(=O)Nc1ccccc1C(F)(F)F. The third kappa shape index (κ3) is 6.22. The van der Waals surface area contributed by atoms with Gasteiger partial charge in [0.15, 0.2) is 0 Å². The van der Waals surface area contributed by atoms with Gasteiger partial charge in [0.05, 0.1) is 34.7 Å². The molecule has 142 valence electrons. The van der Waals surface area contributed by atoms with E-state index in [0.717, 1.165) is 6.07 Å². The van der Waals surface area contributed by atoms with Crippen LogP contribution in [-0.2, 0) is 11.0 Å². The van der Waals surface area contributed by atoms with Crippen molar-refractivity contribution in [3.05, 3.63) is 59.7 Å². The molecule has 0 saturated carbocycles. The highest BCUT2D eigenvalue weighted by atomic mass is 32.2. The topological polar surface area (TPSA) is 62.1 Å². The monoisotopic (exact) mass is 394 g/mol. The van der Waals surface area contributed by atoms with Gasteiger partial charge in [-0.1, -0.05) is 12.1 Å². The van der Waals surface area contributed by atoms with Crippen molar-refractivity contribution >= 4 is 23.4 Å². The number of nitrogens with zero attached hydrogens (tertiary/aromatic N) is 1. The third-order valence-electron chi connectivity index (χ3n) is 3.56. The van der Waals surface area contributed by atoms with Crippen LogP contribution in [0.15, 0.2) is 48.5 Å². The Morgan fingerprint density at radius 1 is 1.22 bits per heavy atom. The lowest BCUT2D eigenvalue weighted by molar-refractivity contribution is -0.137. The molecule has 1 atom stereocenters. The Morgan fingerprint density at radius 2 is 1.89 bits per heavy atom. The molecule has 1 N–H and O–H groups in total. The normalized spacial score (nSPS) is 12.1. The maximum absolute atomic E-state index is 13.0. The van der Waals surface area contributed by atoms with Gasteiger partial charge in [0.1, 0.15) is 5.75 Å². The van der Waals surface area contributed by atoms with Gasteiger partial charge in [-0.2, -0.15) is 18.4 Å². The van der Waals surface area contributed by atoms with Crippen LogP contribution in [0.4, 0.5) is 18.9 Å². The van der Waals surface area contributed by atoms with Gasteiger partial charge in [0.2, 0.25) is 5.91 Å². The summed E-state index contributed by atoms with van der Waals surface area (Å²) in [4.78, 5) is 12.2. The molecule has 0 saturated heterocycles. The summed E-state index contributed by atoms with van der Waals surface area (Å²) in [7, 11) is 0. The first kappa shape index (κ1) is 20.6. The average molecular weight is 394 g/mol. The number of nitrogens with one attached hydrogen (secondary N) is 1. The molecule has 0 unspecified atom stereocenters. The van der Waals surface area contributed by atoms with Gasteiger partial charge in [0, 0.05) is 5.75 Å². The molecule has 0 aliphatic heterocycles. The zero-order valence-corrected chi connectivity index (χ0v) is 15.2. The first-order valence-electron chi connectivity index (χ1n) is 8.03. The summed E-state index contributed by atoms with van der Waals surface area (Å²) in [5.41, 5.74) is -0.600. The number of para-hydroxylation sites is 1. The highest BCUT2D eigenvalue weighted by Gasteiger charge is 2.33. The van der Waals surface area contributed by atoms with Crippen molar-refractivity contribution in [2.75, 3.05) is 17.7 Å². The molecule has 0 aliphatic carbocycles. The highest BCUT2D eigenvalue weighted by molar-refractivity contribution is 8.00. The molecule has 0 aliphatic rings. The molecule has 1 amide bonds. The van der Waals surface area contributed by atoms with Crippen LogP contribution in [-0.4, -0.2) is 23.5 Å². The van der Waals surface area contributed by atoms with E-state index in [1.165, 1.54) is 30.0 Å². The Bertz CT molecular complexity index is 817. The summed E-state index contributed by atoms with van der Waals surface area (Å²) in [6.45, 7) is 1.95. The molecule has 2 aromatic carbocycles. The van der Waals surface area contributed by atoms with E-state index in [4.69, 9.17) is 10.00 Å². The number of amides is 1. The quantitative estimate of drug-likeness (QED) is 0.691. The number of carbonyl (C=O) groups is 1. The molecule has 0 bridgehead atoms. The number of rotatable bonds is 7. The summed E-state index contributed by atoms with van der Waals surface area (Å²) in [5, 5.41) is 10.5. The van der Waals surface area contributed by atoms with E-state index in [9.17, 15) is 18.0 Å². The molecular formula is C19H17F3N2O2S. The first-order chi connectivity index (χ1) is 12.8. The Hall–Kier alpha value is -2.66. The average Bonchev–Trinajstić information content (AvgIpc) is 2.65. The molecule has 0 aromatic heterocycles. The summed E-state index contributed by atoms with van der Waals surface area (Å²) in [6.07, 6.45) is -4.53. The molecule has 0 fully saturated rings. The number of benzene rings is 2. The van der Waals surface area contributed by atoms with Crippen molar-refractivity contribution in [1.29, 1.82) is 5.26 Å². The van der Waals surface area contributed by atoms with Gasteiger partial charge in [-0.15, -0.1) is 11.8 Å². The van der Waals surface area contributed by atoms with Gasteiger partial charge in [-0.05, 0) is 43.3 Å². The number of carbonyl (C=O) groups excluding carboxylic acids is 1. The van der Waals surface area contributed by atoms with Gasteiger partial charge >= 0.3 is 6.18 Å². The number of hydrogen-bond acceptors (Lipinski definition) is 4. The summed E-state index contributed by atoms with van der Waals surface area (Å²) in [5.74, 6) is 0.580. The Kier molecular flexibility index (Phi) is 7.13. The largest absolute Gasteiger partial charge is 0.493 e. The molecule has 27 heavy (non-hydrogen) atoms. The number of nitriles is 1. The van der Waals surface area contributed by atoms with E-state index in [1.54, 1.807) is 31.2 Å². The van der Waals surface area contributed by atoms with E-state index in [0.29, 0.717) is 23.7 Å². The second-order valence-electron chi connectivity index (χ2n) is 5.53. The maximum atomic E-state index is 13.0.